The molecule has 0 aromatic heterocycles. The summed E-state index contributed by atoms with van der Waals surface area (Å²) in [5.74, 6) is -0.349. The summed E-state index contributed by atoms with van der Waals surface area (Å²) in [7, 11) is 0. The average molecular weight is 869 g/mol. The first-order valence-electron chi connectivity index (χ1n) is 24.0. The van der Waals surface area contributed by atoms with Gasteiger partial charge in [-0.1, -0.05) is 118 Å². The maximum absolute atomic E-state index is 15.6. The number of anilines is 2. The number of imide groups is 2. The molecule has 4 amide bonds. The van der Waals surface area contributed by atoms with Gasteiger partial charge >= 0.3 is 6.03 Å². The zero-order chi connectivity index (χ0) is 46.1. The molecule has 4 fully saturated rings. The van der Waals surface area contributed by atoms with Crippen LogP contribution in [-0.2, 0) is 20.4 Å². The zero-order valence-corrected chi connectivity index (χ0v) is 40.1. The molecule has 3 aliphatic carbocycles. The number of rotatable bonds is 8. The molecule has 2 N–H and O–H groups in total. The number of para-hydroxylation sites is 2. The molecular weight excluding hydrogens is 797 g/mol. The number of carbonyl (C=O) groups excluding carboxylic acids is 3. The van der Waals surface area contributed by atoms with Gasteiger partial charge in [-0.25, -0.2) is 4.79 Å². The molecular formula is C55H72N4O5. The van der Waals surface area contributed by atoms with Crippen LogP contribution in [0.5, 0.6) is 0 Å². The molecule has 9 nitrogen and oxygen atoms in total. The van der Waals surface area contributed by atoms with Crippen molar-refractivity contribution in [2.75, 3.05) is 36.1 Å². The number of hydrogen-bond acceptors (Lipinski definition) is 7. The van der Waals surface area contributed by atoms with Crippen LogP contribution >= 0.6 is 0 Å². The monoisotopic (exact) mass is 869 g/mol. The third-order valence-corrected chi connectivity index (χ3v) is 15.4. The van der Waals surface area contributed by atoms with E-state index in [9.17, 15) is 10.2 Å². The lowest BCUT2D eigenvalue weighted by Gasteiger charge is -2.49. The highest BCUT2D eigenvalue weighted by Crippen LogP contribution is 2.51. The molecule has 2 aromatic carbocycles. The summed E-state index contributed by atoms with van der Waals surface area (Å²) >= 11 is 0. The maximum atomic E-state index is 15.6. The lowest BCUT2D eigenvalue weighted by molar-refractivity contribution is -0.140. The lowest BCUT2D eigenvalue weighted by Crippen LogP contribution is -2.64. The van der Waals surface area contributed by atoms with Crippen molar-refractivity contribution in [3.8, 4) is 0 Å². The van der Waals surface area contributed by atoms with Crippen molar-refractivity contribution < 1.29 is 24.6 Å². The van der Waals surface area contributed by atoms with Gasteiger partial charge in [-0.15, -0.1) is 0 Å². The van der Waals surface area contributed by atoms with Crippen molar-refractivity contribution in [1.82, 2.24) is 9.80 Å². The molecule has 9 heteroatoms. The maximum Gasteiger partial charge on any atom is 0.334 e. The number of β-amino-alcohol motifs (C(OH)–C–C–N with tert-alkyl or cyclic N) is 2. The molecule has 64 heavy (non-hydrogen) atoms. The van der Waals surface area contributed by atoms with Gasteiger partial charge in [0.1, 0.15) is 5.57 Å². The Kier molecular flexibility index (Phi) is 12.1. The van der Waals surface area contributed by atoms with Crippen molar-refractivity contribution in [1.29, 1.82) is 0 Å². The van der Waals surface area contributed by atoms with Gasteiger partial charge in [0.25, 0.3) is 11.8 Å². The number of aliphatic hydroxyl groups excluding tert-OH is 2. The third-order valence-electron chi connectivity index (χ3n) is 15.4. The Morgan fingerprint density at radius 1 is 0.562 bits per heavy atom. The number of nitrogens with zero attached hydrogens (tertiary/aromatic N) is 4. The Morgan fingerprint density at radius 2 is 0.953 bits per heavy atom. The number of fused-ring (bicyclic) bond motifs is 2. The van der Waals surface area contributed by atoms with Crippen LogP contribution in [0.4, 0.5) is 16.2 Å². The molecule has 4 unspecified atom stereocenters. The average Bonchev–Trinajstić information content (AvgIpc) is 3.76. The van der Waals surface area contributed by atoms with Gasteiger partial charge in [0.2, 0.25) is 0 Å². The molecule has 0 radical (unpaired) electrons. The first-order chi connectivity index (χ1) is 30.2. The molecule has 0 bridgehead atoms. The van der Waals surface area contributed by atoms with E-state index in [1.165, 1.54) is 20.9 Å². The summed E-state index contributed by atoms with van der Waals surface area (Å²) in [5.41, 5.74) is 8.12. The van der Waals surface area contributed by atoms with E-state index in [2.05, 4.69) is 140 Å². The van der Waals surface area contributed by atoms with Crippen molar-refractivity contribution in [3.63, 3.8) is 0 Å². The second-order valence-corrected chi connectivity index (χ2v) is 22.5. The predicted octanol–water partition coefficient (Wildman–Crippen LogP) is 10.5. The van der Waals surface area contributed by atoms with Gasteiger partial charge in [0, 0.05) is 58.8 Å². The van der Waals surface area contributed by atoms with E-state index < -0.39 is 17.8 Å². The summed E-state index contributed by atoms with van der Waals surface area (Å²) in [6, 6.07) is 15.5. The molecule has 4 atom stereocenters. The summed E-state index contributed by atoms with van der Waals surface area (Å²) < 4.78 is 0. The molecule has 3 aliphatic heterocycles. The van der Waals surface area contributed by atoms with E-state index >= 15 is 14.4 Å². The van der Waals surface area contributed by atoms with E-state index in [1.807, 2.05) is 12.1 Å². The minimum atomic E-state index is -0.482. The molecule has 342 valence electrons. The van der Waals surface area contributed by atoms with E-state index in [0.29, 0.717) is 69.0 Å². The van der Waals surface area contributed by atoms with E-state index in [-0.39, 0.29) is 52.5 Å². The fraction of sp³-hybridized carbons (Fsp3) is 0.545. The van der Waals surface area contributed by atoms with Crippen LogP contribution in [0, 0.1) is 22.7 Å². The third kappa shape index (κ3) is 8.03. The Bertz CT molecular complexity index is 2220. The highest BCUT2D eigenvalue weighted by atomic mass is 16.3. The van der Waals surface area contributed by atoms with Gasteiger partial charge in [0.05, 0.1) is 13.2 Å². The fourth-order valence-corrected chi connectivity index (χ4v) is 13.2. The highest BCUT2D eigenvalue weighted by molar-refractivity contribution is 6.30. The first-order valence-corrected chi connectivity index (χ1v) is 24.0. The van der Waals surface area contributed by atoms with Crippen molar-refractivity contribution in [2.45, 2.75) is 144 Å². The SMILES string of the molecule is CC1CC(N2C(=O)C(=C3C(=CC=C4N(CCO)c5ccccc5C4(C)C)CCC3=CC=C3N(CCO)c4ccccc4C3(C)C)C(=O)N(C3CC(C)CC(C)(C)C3)C2=O)CC(C)(C)C1. The van der Waals surface area contributed by atoms with Crippen LogP contribution in [0.1, 0.15) is 132 Å². The number of amides is 4. The Labute approximate surface area is 382 Å². The van der Waals surface area contributed by atoms with Gasteiger partial charge in [0.15, 0.2) is 0 Å². The van der Waals surface area contributed by atoms with Crippen LogP contribution in [0.25, 0.3) is 0 Å². The lowest BCUT2D eigenvalue weighted by atomic mass is 9.69. The molecule has 3 heterocycles. The summed E-state index contributed by atoms with van der Waals surface area (Å²) in [5, 5.41) is 20.5. The van der Waals surface area contributed by atoms with Crippen LogP contribution in [-0.4, -0.2) is 76.2 Å². The summed E-state index contributed by atoms with van der Waals surface area (Å²) in [4.78, 5) is 53.7. The topological polar surface area (TPSA) is 105 Å². The van der Waals surface area contributed by atoms with Gasteiger partial charge in [-0.05, 0) is 126 Å². The fourth-order valence-electron chi connectivity index (χ4n) is 13.2. The Balaban J connectivity index is 1.35. The number of allylic oxidation sites excluding steroid dienone is 9. The number of barbiturate groups is 1. The molecule has 6 aliphatic rings. The van der Waals surface area contributed by atoms with E-state index in [1.54, 1.807) is 0 Å². The van der Waals surface area contributed by atoms with Crippen LogP contribution in [0.3, 0.4) is 0 Å². The number of benzene rings is 2. The smallest absolute Gasteiger partial charge is 0.334 e. The van der Waals surface area contributed by atoms with Crippen LogP contribution in [0.2, 0.25) is 0 Å². The number of aliphatic hydroxyl groups is 2. The Morgan fingerprint density at radius 3 is 1.33 bits per heavy atom. The minimum absolute atomic E-state index is 0.0153. The molecule has 2 aromatic rings. The summed E-state index contributed by atoms with van der Waals surface area (Å²) in [6.45, 7) is 23.0. The predicted molar refractivity (Wildman–Crippen MR) is 257 cm³/mol. The van der Waals surface area contributed by atoms with Gasteiger partial charge in [-0.2, -0.15) is 0 Å². The normalized spacial score (nSPS) is 29.8. The van der Waals surface area contributed by atoms with Crippen molar-refractivity contribution >= 4 is 29.2 Å². The highest BCUT2D eigenvalue weighted by Gasteiger charge is 2.53. The van der Waals surface area contributed by atoms with Crippen LogP contribution in [0.15, 0.2) is 107 Å². The number of carbonyl (C=O) groups is 3. The zero-order valence-electron chi connectivity index (χ0n) is 40.1. The van der Waals surface area contributed by atoms with Crippen LogP contribution < -0.4 is 9.80 Å². The van der Waals surface area contributed by atoms with Crippen molar-refractivity contribution in [2.24, 2.45) is 22.7 Å². The quantitative estimate of drug-likeness (QED) is 0.201. The largest absolute Gasteiger partial charge is 0.395 e. The molecule has 0 spiro atoms. The van der Waals surface area contributed by atoms with E-state index in [4.69, 9.17) is 0 Å². The second kappa shape index (κ2) is 16.9. The summed E-state index contributed by atoms with van der Waals surface area (Å²) in [6.07, 6.45) is 14.4. The minimum Gasteiger partial charge on any atom is -0.395 e. The molecule has 8 rings (SSSR count). The van der Waals surface area contributed by atoms with Gasteiger partial charge in [-0.3, -0.25) is 19.4 Å². The number of hydrogen-bond donors (Lipinski definition) is 2. The molecule has 3 saturated carbocycles. The van der Waals surface area contributed by atoms with Gasteiger partial charge < -0.3 is 20.0 Å². The number of urea groups is 1. The Hall–Kier alpha value is -4.73. The second-order valence-electron chi connectivity index (χ2n) is 22.5. The van der Waals surface area contributed by atoms with E-state index in [0.717, 1.165) is 46.8 Å². The molecule has 1 saturated heterocycles. The standard InChI is InChI=1S/C55H72N4O5/c1-35-29-39(33-52(3,4)31-35)58-49(62)48(50(63)59(51(58)64)40-30-36(2)32-53(5,6)34-40)47-37(21-23-45-54(7,8)41-15-11-13-17-43(41)56(45)25-27-60)19-20-38(47)22-24-46-55(9,10)42-16-12-14-18-44(42)57(46)26-28-61/h11-18,21-24,35-36,39-40,60-61H,19-20,25-34H2,1-10H3. The first kappa shape index (κ1) is 45.8. The van der Waals surface area contributed by atoms with Crippen molar-refractivity contribution in [3.05, 3.63) is 118 Å².